The summed E-state index contributed by atoms with van der Waals surface area (Å²) in [6.45, 7) is 5.43. The Kier molecular flexibility index (Phi) is 7.00. The molecule has 4 nitrogen and oxygen atoms in total. The van der Waals surface area contributed by atoms with E-state index in [2.05, 4.69) is 5.32 Å². The average Bonchev–Trinajstić information content (AvgIpc) is 2.65. The van der Waals surface area contributed by atoms with E-state index in [0.717, 1.165) is 24.3 Å². The van der Waals surface area contributed by atoms with Gasteiger partial charge in [0.05, 0.1) is 4.90 Å². The summed E-state index contributed by atoms with van der Waals surface area (Å²) in [7, 11) is -3.43. The molecule has 0 amide bonds. The Morgan fingerprint density at radius 1 is 1.08 bits per heavy atom. The second kappa shape index (κ2) is 9.05. The van der Waals surface area contributed by atoms with Crippen LogP contribution in [0.2, 0.25) is 5.02 Å². The monoisotopic (exact) mass is 398 g/mol. The molecule has 0 unspecified atom stereocenters. The molecule has 1 aromatic carbocycles. The van der Waals surface area contributed by atoms with E-state index in [1.165, 1.54) is 45.2 Å². The van der Waals surface area contributed by atoms with Crippen LogP contribution in [-0.4, -0.2) is 38.9 Å². The summed E-state index contributed by atoms with van der Waals surface area (Å²) >= 11 is 6.02. The number of hydrogen-bond donors (Lipinski definition) is 1. The highest BCUT2D eigenvalue weighted by Gasteiger charge is 2.30. The van der Waals surface area contributed by atoms with Crippen molar-refractivity contribution >= 4 is 21.6 Å². The van der Waals surface area contributed by atoms with Crippen LogP contribution in [0.4, 0.5) is 0 Å². The Bertz CT molecular complexity index is 694. The van der Waals surface area contributed by atoms with E-state index < -0.39 is 10.0 Å². The van der Waals surface area contributed by atoms with Gasteiger partial charge in [-0.2, -0.15) is 4.31 Å². The summed E-state index contributed by atoms with van der Waals surface area (Å²) in [5.74, 6) is 1.56. The number of sulfonamides is 1. The molecule has 0 aliphatic carbocycles. The van der Waals surface area contributed by atoms with Crippen LogP contribution in [0.5, 0.6) is 0 Å². The molecule has 0 bridgehead atoms. The van der Waals surface area contributed by atoms with Crippen LogP contribution in [0, 0.1) is 18.8 Å². The highest BCUT2D eigenvalue weighted by atomic mass is 35.5. The second-order valence-corrected chi connectivity index (χ2v) is 10.2. The maximum atomic E-state index is 12.9. The van der Waals surface area contributed by atoms with E-state index in [0.29, 0.717) is 28.9 Å². The Hall–Kier alpha value is -0.620. The molecule has 2 saturated heterocycles. The first-order chi connectivity index (χ1) is 12.5. The molecule has 0 radical (unpaired) electrons. The highest BCUT2D eigenvalue weighted by Crippen LogP contribution is 2.30. The van der Waals surface area contributed by atoms with Gasteiger partial charge in [0.2, 0.25) is 10.0 Å². The van der Waals surface area contributed by atoms with Gasteiger partial charge in [-0.25, -0.2) is 8.42 Å². The predicted octanol–water partition coefficient (Wildman–Crippen LogP) is 4.22. The molecule has 2 aliphatic heterocycles. The molecule has 0 atom stereocenters. The average molecular weight is 399 g/mol. The lowest BCUT2D eigenvalue weighted by atomic mass is 9.87. The minimum atomic E-state index is -3.43. The lowest BCUT2D eigenvalue weighted by molar-refractivity contribution is 0.250. The standard InChI is InChI=1S/C20H31ClN2O2S/c1-16-5-6-19(21)15-20(16)26(24,25)23-13-9-18(10-14-23)4-2-3-17-7-11-22-12-8-17/h5-6,15,17-18,22H,2-4,7-14H2,1H3. The van der Waals surface area contributed by atoms with Crippen molar-refractivity contribution in [1.82, 2.24) is 9.62 Å². The largest absolute Gasteiger partial charge is 0.317 e. The summed E-state index contributed by atoms with van der Waals surface area (Å²) in [6.07, 6.45) is 8.45. The van der Waals surface area contributed by atoms with Crippen LogP contribution in [0.15, 0.2) is 23.1 Å². The summed E-state index contributed by atoms with van der Waals surface area (Å²) in [5, 5.41) is 3.90. The van der Waals surface area contributed by atoms with Gasteiger partial charge in [0, 0.05) is 18.1 Å². The fourth-order valence-electron chi connectivity index (χ4n) is 4.29. The predicted molar refractivity (Wildman–Crippen MR) is 107 cm³/mol. The zero-order valence-electron chi connectivity index (χ0n) is 15.7. The van der Waals surface area contributed by atoms with Gasteiger partial charge in [0.1, 0.15) is 0 Å². The molecular weight excluding hydrogens is 368 g/mol. The lowest BCUT2D eigenvalue weighted by Crippen LogP contribution is -2.38. The molecule has 2 aliphatic rings. The minimum Gasteiger partial charge on any atom is -0.317 e. The van der Waals surface area contributed by atoms with Gasteiger partial charge in [-0.1, -0.05) is 36.9 Å². The molecule has 1 aromatic rings. The van der Waals surface area contributed by atoms with Crippen molar-refractivity contribution in [2.75, 3.05) is 26.2 Å². The number of benzene rings is 1. The molecule has 3 rings (SSSR count). The molecule has 0 spiro atoms. The van der Waals surface area contributed by atoms with Gasteiger partial charge in [0.15, 0.2) is 0 Å². The van der Waals surface area contributed by atoms with Gasteiger partial charge in [0.25, 0.3) is 0 Å². The van der Waals surface area contributed by atoms with Gasteiger partial charge in [-0.05, 0) is 75.2 Å². The quantitative estimate of drug-likeness (QED) is 0.780. The topological polar surface area (TPSA) is 49.4 Å². The Morgan fingerprint density at radius 2 is 1.69 bits per heavy atom. The van der Waals surface area contributed by atoms with Crippen LogP contribution in [0.1, 0.15) is 50.5 Å². The first kappa shape index (κ1) is 20.1. The molecule has 6 heteroatoms. The normalized spacial score (nSPS) is 21.2. The first-order valence-electron chi connectivity index (χ1n) is 9.94. The van der Waals surface area contributed by atoms with E-state index in [1.54, 1.807) is 22.5 Å². The third-order valence-electron chi connectivity index (χ3n) is 6.02. The van der Waals surface area contributed by atoms with E-state index in [1.807, 2.05) is 6.92 Å². The highest BCUT2D eigenvalue weighted by molar-refractivity contribution is 7.89. The fraction of sp³-hybridized carbons (Fsp3) is 0.700. The zero-order chi connectivity index (χ0) is 18.6. The number of halogens is 1. The smallest absolute Gasteiger partial charge is 0.243 e. The summed E-state index contributed by atoms with van der Waals surface area (Å²) in [5.41, 5.74) is 0.762. The van der Waals surface area contributed by atoms with Crippen molar-refractivity contribution in [3.63, 3.8) is 0 Å². The second-order valence-electron chi connectivity index (χ2n) is 7.88. The summed E-state index contributed by atoms with van der Waals surface area (Å²) in [4.78, 5) is 0.356. The minimum absolute atomic E-state index is 0.356. The Balaban J connectivity index is 1.49. The summed E-state index contributed by atoms with van der Waals surface area (Å²) in [6, 6.07) is 5.10. The van der Waals surface area contributed by atoms with Crippen LogP contribution in [-0.2, 0) is 10.0 Å². The van der Waals surface area contributed by atoms with E-state index in [-0.39, 0.29) is 0 Å². The van der Waals surface area contributed by atoms with E-state index >= 15 is 0 Å². The Labute approximate surface area is 163 Å². The van der Waals surface area contributed by atoms with Gasteiger partial charge < -0.3 is 5.32 Å². The number of nitrogens with zero attached hydrogens (tertiary/aromatic N) is 1. The van der Waals surface area contributed by atoms with Crippen LogP contribution in [0.3, 0.4) is 0 Å². The molecule has 0 aromatic heterocycles. The van der Waals surface area contributed by atoms with E-state index in [4.69, 9.17) is 11.6 Å². The van der Waals surface area contributed by atoms with Crippen molar-refractivity contribution in [3.05, 3.63) is 28.8 Å². The SMILES string of the molecule is Cc1ccc(Cl)cc1S(=O)(=O)N1CCC(CCCC2CCNCC2)CC1. The fourth-order valence-corrected chi connectivity index (χ4v) is 6.25. The first-order valence-corrected chi connectivity index (χ1v) is 11.8. The van der Waals surface area contributed by atoms with Crippen molar-refractivity contribution in [3.8, 4) is 0 Å². The van der Waals surface area contributed by atoms with Gasteiger partial charge in [-0.3, -0.25) is 0 Å². The zero-order valence-corrected chi connectivity index (χ0v) is 17.3. The van der Waals surface area contributed by atoms with Crippen molar-refractivity contribution in [1.29, 1.82) is 0 Å². The molecule has 1 N–H and O–H groups in total. The van der Waals surface area contributed by atoms with Crippen LogP contribution < -0.4 is 5.32 Å². The number of nitrogens with one attached hydrogen (secondary N) is 1. The maximum absolute atomic E-state index is 12.9. The number of hydrogen-bond acceptors (Lipinski definition) is 3. The molecule has 146 valence electrons. The van der Waals surface area contributed by atoms with Gasteiger partial charge in [-0.15, -0.1) is 0 Å². The van der Waals surface area contributed by atoms with Gasteiger partial charge >= 0.3 is 0 Å². The Morgan fingerprint density at radius 3 is 2.35 bits per heavy atom. The van der Waals surface area contributed by atoms with Crippen molar-refractivity contribution < 1.29 is 8.42 Å². The number of piperidine rings is 2. The number of rotatable bonds is 6. The molecular formula is C20H31ClN2O2S. The molecule has 0 saturated carbocycles. The van der Waals surface area contributed by atoms with Crippen LogP contribution >= 0.6 is 11.6 Å². The third-order valence-corrected chi connectivity index (χ3v) is 8.30. The summed E-state index contributed by atoms with van der Waals surface area (Å²) < 4.78 is 27.5. The molecule has 2 fully saturated rings. The molecule has 2 heterocycles. The van der Waals surface area contributed by atoms with E-state index in [9.17, 15) is 8.42 Å². The van der Waals surface area contributed by atoms with Crippen molar-refractivity contribution in [2.24, 2.45) is 11.8 Å². The lowest BCUT2D eigenvalue weighted by Gasteiger charge is -2.32. The van der Waals surface area contributed by atoms with Crippen LogP contribution in [0.25, 0.3) is 0 Å². The number of aryl methyl sites for hydroxylation is 1. The molecule has 26 heavy (non-hydrogen) atoms. The third kappa shape index (κ3) is 5.00. The van der Waals surface area contributed by atoms with Crippen molar-refractivity contribution in [2.45, 2.75) is 56.8 Å². The maximum Gasteiger partial charge on any atom is 0.243 e.